The van der Waals surface area contributed by atoms with E-state index in [9.17, 15) is 8.42 Å². The van der Waals surface area contributed by atoms with Crippen LogP contribution in [0.1, 0.15) is 26.7 Å². The van der Waals surface area contributed by atoms with Crippen LogP contribution in [0.4, 0.5) is 0 Å². The van der Waals surface area contributed by atoms with Crippen LogP contribution in [0.25, 0.3) is 0 Å². The molecule has 0 radical (unpaired) electrons. The molecule has 2 atom stereocenters. The second-order valence-corrected chi connectivity index (χ2v) is 8.97. The van der Waals surface area contributed by atoms with Crippen LogP contribution in [0, 0.1) is 5.92 Å². The average molecular weight is 312 g/mol. The Balaban J connectivity index is 2.55. The summed E-state index contributed by atoms with van der Waals surface area (Å²) in [6.45, 7) is 5.77. The molecule has 1 aliphatic heterocycles. The van der Waals surface area contributed by atoms with Crippen molar-refractivity contribution in [2.75, 3.05) is 36.1 Å². The summed E-state index contributed by atoms with van der Waals surface area (Å²) in [5.74, 6) is 3.57. The summed E-state index contributed by atoms with van der Waals surface area (Å²) in [6, 6.07) is 0. The lowest BCUT2D eigenvalue weighted by Gasteiger charge is -2.35. The number of nitrogens with zero attached hydrogens (tertiary/aromatic N) is 1. The maximum absolute atomic E-state index is 12.1. The van der Waals surface area contributed by atoms with Gasteiger partial charge in [-0.2, -0.15) is 24.4 Å². The summed E-state index contributed by atoms with van der Waals surface area (Å²) in [4.78, 5) is 2.17. The minimum atomic E-state index is -2.94. The van der Waals surface area contributed by atoms with E-state index in [1.54, 1.807) is 18.7 Å². The lowest BCUT2D eigenvalue weighted by atomic mass is 10.1. The van der Waals surface area contributed by atoms with Crippen molar-refractivity contribution in [2.24, 2.45) is 5.92 Å². The smallest absolute Gasteiger partial charge is 0.166 e. The maximum atomic E-state index is 12.1. The number of hydrogen-bond acceptors (Lipinski definition) is 5. The van der Waals surface area contributed by atoms with Crippen molar-refractivity contribution < 1.29 is 8.42 Å². The van der Waals surface area contributed by atoms with E-state index >= 15 is 0 Å². The third-order valence-electron chi connectivity index (χ3n) is 3.54. The molecule has 0 amide bonds. The fourth-order valence-electron chi connectivity index (χ4n) is 2.15. The van der Waals surface area contributed by atoms with Crippen molar-refractivity contribution in [1.29, 1.82) is 0 Å². The summed E-state index contributed by atoms with van der Waals surface area (Å²) in [7, 11) is -2.94. The van der Waals surface area contributed by atoms with Crippen LogP contribution in [0.5, 0.6) is 0 Å². The molecule has 1 rings (SSSR count). The number of thiol groups is 1. The molecule has 1 heterocycles. The minimum absolute atomic E-state index is 0.251. The summed E-state index contributed by atoms with van der Waals surface area (Å²) in [5.41, 5.74) is 0. The Hall–Kier alpha value is 0.610. The van der Waals surface area contributed by atoms with E-state index in [2.05, 4.69) is 24.5 Å². The molecule has 1 aliphatic rings. The van der Waals surface area contributed by atoms with Crippen molar-refractivity contribution in [2.45, 2.75) is 32.1 Å². The maximum Gasteiger partial charge on any atom is 0.166 e. The third-order valence-corrected chi connectivity index (χ3v) is 7.13. The number of thioether (sulfide) groups is 1. The van der Waals surface area contributed by atoms with E-state index < -0.39 is 9.84 Å². The van der Waals surface area contributed by atoms with Crippen molar-refractivity contribution in [3.63, 3.8) is 0 Å². The van der Waals surface area contributed by atoms with Gasteiger partial charge in [0.05, 0.1) is 0 Å². The predicted octanol–water partition coefficient (Wildman–Crippen LogP) is 2.14. The minimum Gasteiger partial charge on any atom is -0.286 e. The molecule has 0 aromatic heterocycles. The molecule has 0 bridgehead atoms. The fraction of sp³-hybridized carbons (Fsp3) is 1.00. The van der Waals surface area contributed by atoms with Crippen LogP contribution in [-0.2, 0) is 9.84 Å². The van der Waals surface area contributed by atoms with E-state index in [1.165, 1.54) is 0 Å². The molecule has 3 nitrogen and oxygen atoms in total. The van der Waals surface area contributed by atoms with Gasteiger partial charge in [-0.15, -0.1) is 0 Å². The zero-order valence-electron chi connectivity index (χ0n) is 11.3. The second kappa shape index (κ2) is 8.02. The molecule has 18 heavy (non-hydrogen) atoms. The molecule has 0 aromatic rings. The Bertz CT molecular complexity index is 332. The van der Waals surface area contributed by atoms with Gasteiger partial charge in [0, 0.05) is 23.8 Å². The van der Waals surface area contributed by atoms with Crippen LogP contribution >= 0.6 is 24.4 Å². The zero-order chi connectivity index (χ0) is 13.6. The van der Waals surface area contributed by atoms with Gasteiger partial charge in [-0.3, -0.25) is 4.90 Å². The first kappa shape index (κ1) is 16.7. The monoisotopic (exact) mass is 311 g/mol. The highest BCUT2D eigenvalue weighted by Gasteiger charge is 2.32. The molecule has 0 N–H and O–H groups in total. The van der Waals surface area contributed by atoms with Gasteiger partial charge < -0.3 is 0 Å². The van der Waals surface area contributed by atoms with E-state index in [0.29, 0.717) is 5.92 Å². The molecule has 0 saturated carbocycles. The van der Waals surface area contributed by atoms with E-state index in [-0.39, 0.29) is 11.1 Å². The SMILES string of the molecule is CCS(=O)(=O)C1CSCCN1CCC(C)CCS. The third kappa shape index (κ3) is 4.94. The standard InChI is InChI=1S/C12H25NO2S3/c1-3-18(14,15)12-10-17-9-7-13(12)6-4-11(2)5-8-16/h11-12,16H,3-10H2,1-2H3. The topological polar surface area (TPSA) is 37.4 Å². The molecule has 0 spiro atoms. The normalized spacial score (nSPS) is 24.1. The van der Waals surface area contributed by atoms with Gasteiger partial charge in [-0.25, -0.2) is 8.42 Å². The van der Waals surface area contributed by atoms with Gasteiger partial charge >= 0.3 is 0 Å². The summed E-state index contributed by atoms with van der Waals surface area (Å²) in [5, 5.41) is -0.260. The molecule has 0 aromatic carbocycles. The Morgan fingerprint density at radius 2 is 2.17 bits per heavy atom. The Morgan fingerprint density at radius 1 is 1.44 bits per heavy atom. The molecule has 6 heteroatoms. The molecule has 2 unspecified atom stereocenters. The average Bonchev–Trinajstić information content (AvgIpc) is 2.37. The Kier molecular flexibility index (Phi) is 7.43. The van der Waals surface area contributed by atoms with Gasteiger partial charge in [0.1, 0.15) is 5.37 Å². The number of rotatable bonds is 7. The van der Waals surface area contributed by atoms with E-state index in [1.807, 2.05) is 0 Å². The number of hydrogen-bond donors (Lipinski definition) is 1. The first-order valence-corrected chi connectivity index (χ1v) is 10.2. The largest absolute Gasteiger partial charge is 0.286 e. The Morgan fingerprint density at radius 3 is 2.78 bits per heavy atom. The summed E-state index contributed by atoms with van der Waals surface area (Å²) < 4.78 is 24.1. The van der Waals surface area contributed by atoms with E-state index in [0.717, 1.165) is 43.2 Å². The zero-order valence-corrected chi connectivity index (χ0v) is 13.9. The first-order chi connectivity index (χ1) is 8.51. The quantitative estimate of drug-likeness (QED) is 0.731. The van der Waals surface area contributed by atoms with Crippen LogP contribution < -0.4 is 0 Å². The van der Waals surface area contributed by atoms with Gasteiger partial charge in [0.15, 0.2) is 9.84 Å². The summed E-state index contributed by atoms with van der Waals surface area (Å²) >= 11 is 6.01. The highest BCUT2D eigenvalue weighted by Crippen LogP contribution is 2.22. The molecular formula is C12H25NO2S3. The van der Waals surface area contributed by atoms with Gasteiger partial charge in [0.2, 0.25) is 0 Å². The van der Waals surface area contributed by atoms with Gasteiger partial charge in [-0.1, -0.05) is 13.8 Å². The van der Waals surface area contributed by atoms with Crippen molar-refractivity contribution in [3.05, 3.63) is 0 Å². The van der Waals surface area contributed by atoms with Crippen molar-refractivity contribution in [3.8, 4) is 0 Å². The van der Waals surface area contributed by atoms with Crippen LogP contribution in [-0.4, -0.2) is 54.8 Å². The van der Waals surface area contributed by atoms with Crippen molar-refractivity contribution >= 4 is 34.2 Å². The van der Waals surface area contributed by atoms with Crippen LogP contribution in [0.3, 0.4) is 0 Å². The summed E-state index contributed by atoms with van der Waals surface area (Å²) in [6.07, 6.45) is 2.18. The Labute approximate surface area is 121 Å². The van der Waals surface area contributed by atoms with Crippen LogP contribution in [0.15, 0.2) is 0 Å². The second-order valence-electron chi connectivity index (χ2n) is 4.92. The lowest BCUT2D eigenvalue weighted by molar-refractivity contribution is 0.250. The molecule has 108 valence electrons. The molecule has 1 saturated heterocycles. The highest BCUT2D eigenvalue weighted by molar-refractivity contribution is 8.01. The highest BCUT2D eigenvalue weighted by atomic mass is 32.2. The van der Waals surface area contributed by atoms with Crippen molar-refractivity contribution in [1.82, 2.24) is 4.90 Å². The number of sulfone groups is 1. The van der Waals surface area contributed by atoms with E-state index in [4.69, 9.17) is 0 Å². The molecule has 0 aliphatic carbocycles. The fourth-order valence-corrected chi connectivity index (χ4v) is 5.70. The van der Waals surface area contributed by atoms with Gasteiger partial charge in [0.25, 0.3) is 0 Å². The van der Waals surface area contributed by atoms with Crippen LogP contribution in [0.2, 0.25) is 0 Å². The van der Waals surface area contributed by atoms with Gasteiger partial charge in [-0.05, 0) is 31.1 Å². The molecule has 1 fully saturated rings. The predicted molar refractivity (Wildman–Crippen MR) is 84.4 cm³/mol. The molecular weight excluding hydrogens is 286 g/mol. The lowest BCUT2D eigenvalue weighted by Crippen LogP contribution is -2.48. The first-order valence-electron chi connectivity index (χ1n) is 6.65.